The van der Waals surface area contributed by atoms with Gasteiger partial charge in [-0.1, -0.05) is 0 Å². The summed E-state index contributed by atoms with van der Waals surface area (Å²) in [6.07, 6.45) is 0.418. The zero-order chi connectivity index (χ0) is 12.1. The van der Waals surface area contributed by atoms with E-state index in [2.05, 4.69) is 5.32 Å². The molecule has 0 radical (unpaired) electrons. The molecule has 0 aliphatic heterocycles. The van der Waals surface area contributed by atoms with Crippen molar-refractivity contribution in [2.75, 3.05) is 6.54 Å². The summed E-state index contributed by atoms with van der Waals surface area (Å²) >= 11 is 0. The average Bonchev–Trinajstić information content (AvgIpc) is 2.00. The molecule has 0 aliphatic rings. The van der Waals surface area contributed by atoms with Crippen LogP contribution >= 0.6 is 0 Å². The van der Waals surface area contributed by atoms with Crippen molar-refractivity contribution in [1.82, 2.24) is 5.32 Å². The van der Waals surface area contributed by atoms with E-state index in [9.17, 15) is 9.59 Å². The number of nitrogens with one attached hydrogen (secondary N) is 1. The van der Waals surface area contributed by atoms with E-state index in [1.54, 1.807) is 13.8 Å². The van der Waals surface area contributed by atoms with Crippen LogP contribution in [0.1, 0.15) is 26.7 Å². The fourth-order valence-corrected chi connectivity index (χ4v) is 0.967. The molecule has 0 spiro atoms. The topological polar surface area (TPSA) is 118 Å². The van der Waals surface area contributed by atoms with Crippen LogP contribution < -0.4 is 16.8 Å². The van der Waals surface area contributed by atoms with Crippen molar-refractivity contribution in [3.63, 3.8) is 0 Å². The van der Waals surface area contributed by atoms with Crippen molar-refractivity contribution in [3.05, 3.63) is 0 Å². The first-order valence-corrected chi connectivity index (χ1v) is 4.76. The second-order valence-electron chi connectivity index (χ2n) is 4.25. The zero-order valence-electron chi connectivity index (χ0n) is 9.12. The molecule has 15 heavy (non-hydrogen) atoms. The predicted molar refractivity (Wildman–Crippen MR) is 56.1 cm³/mol. The summed E-state index contributed by atoms with van der Waals surface area (Å²) < 4.78 is 0. The van der Waals surface area contributed by atoms with Crippen LogP contribution in [-0.2, 0) is 9.59 Å². The van der Waals surface area contributed by atoms with Gasteiger partial charge in [-0.05, 0) is 20.3 Å². The number of amides is 1. The third-order valence-corrected chi connectivity index (χ3v) is 1.71. The van der Waals surface area contributed by atoms with Crippen LogP contribution in [-0.4, -0.2) is 35.1 Å². The van der Waals surface area contributed by atoms with E-state index in [4.69, 9.17) is 16.6 Å². The Morgan fingerprint density at radius 3 is 2.40 bits per heavy atom. The third-order valence-electron chi connectivity index (χ3n) is 1.71. The number of carbonyl (C=O) groups is 2. The summed E-state index contributed by atoms with van der Waals surface area (Å²) in [5, 5.41) is 11.0. The first-order chi connectivity index (χ1) is 6.72. The summed E-state index contributed by atoms with van der Waals surface area (Å²) in [7, 11) is 0. The van der Waals surface area contributed by atoms with Crippen molar-refractivity contribution in [3.8, 4) is 0 Å². The third kappa shape index (κ3) is 7.90. The smallest absolute Gasteiger partial charge is 0.320 e. The number of carboxylic acids is 1. The molecule has 0 saturated carbocycles. The highest BCUT2D eigenvalue weighted by Gasteiger charge is 2.16. The fourth-order valence-electron chi connectivity index (χ4n) is 0.967. The Balaban J connectivity index is 3.69. The monoisotopic (exact) mass is 217 g/mol. The number of nitrogens with two attached hydrogens (primary N) is 2. The van der Waals surface area contributed by atoms with Crippen LogP contribution in [0, 0.1) is 0 Å². The molecule has 1 atom stereocenters. The Morgan fingerprint density at radius 2 is 2.00 bits per heavy atom. The molecule has 0 aromatic rings. The number of rotatable bonds is 6. The molecule has 0 bridgehead atoms. The van der Waals surface area contributed by atoms with E-state index in [1.807, 2.05) is 0 Å². The highest BCUT2D eigenvalue weighted by Crippen LogP contribution is 2.02. The number of hydrogen-bond donors (Lipinski definition) is 4. The molecule has 6 heteroatoms. The van der Waals surface area contributed by atoms with Gasteiger partial charge in [0.05, 0.1) is 0 Å². The lowest BCUT2D eigenvalue weighted by atomic mass is 10.0. The molecule has 0 aromatic carbocycles. The number of carbonyl (C=O) groups excluding carboxylic acids is 1. The van der Waals surface area contributed by atoms with Crippen molar-refractivity contribution in [1.29, 1.82) is 0 Å². The van der Waals surface area contributed by atoms with Gasteiger partial charge in [0, 0.05) is 18.5 Å². The normalized spacial score (nSPS) is 13.3. The number of aliphatic carboxylic acids is 1. The highest BCUT2D eigenvalue weighted by atomic mass is 16.4. The number of carboxylic acid groups (broad SMARTS) is 1. The second-order valence-corrected chi connectivity index (χ2v) is 4.25. The lowest BCUT2D eigenvalue weighted by Crippen LogP contribution is -2.40. The predicted octanol–water partition coefficient (Wildman–Crippen LogP) is -0.968. The van der Waals surface area contributed by atoms with Gasteiger partial charge < -0.3 is 21.9 Å². The zero-order valence-corrected chi connectivity index (χ0v) is 9.12. The molecule has 0 rings (SSSR count). The lowest BCUT2D eigenvalue weighted by molar-refractivity contribution is -0.138. The van der Waals surface area contributed by atoms with E-state index in [0.29, 0.717) is 0 Å². The summed E-state index contributed by atoms with van der Waals surface area (Å²) in [6.45, 7) is 3.74. The molecule has 1 amide bonds. The molecular formula is C9H19N3O3. The van der Waals surface area contributed by atoms with Crippen LogP contribution in [0.5, 0.6) is 0 Å². The summed E-state index contributed by atoms with van der Waals surface area (Å²) in [4.78, 5) is 21.6. The Morgan fingerprint density at radius 1 is 1.47 bits per heavy atom. The maximum absolute atomic E-state index is 11.2. The quantitative estimate of drug-likeness (QED) is 0.456. The van der Waals surface area contributed by atoms with E-state index >= 15 is 0 Å². The molecule has 1 unspecified atom stereocenters. The first kappa shape index (κ1) is 13.9. The van der Waals surface area contributed by atoms with Crippen LogP contribution in [0.15, 0.2) is 0 Å². The first-order valence-electron chi connectivity index (χ1n) is 4.76. The van der Waals surface area contributed by atoms with E-state index in [0.717, 1.165) is 0 Å². The van der Waals surface area contributed by atoms with Gasteiger partial charge in [-0.25, -0.2) is 0 Å². The van der Waals surface area contributed by atoms with E-state index < -0.39 is 17.6 Å². The van der Waals surface area contributed by atoms with Crippen LogP contribution in [0.3, 0.4) is 0 Å². The Bertz CT molecular complexity index is 235. The molecule has 6 N–H and O–H groups in total. The Kier molecular flexibility index (Phi) is 5.24. The van der Waals surface area contributed by atoms with Gasteiger partial charge in [0.1, 0.15) is 6.04 Å². The Hall–Kier alpha value is -1.14. The van der Waals surface area contributed by atoms with Crippen molar-refractivity contribution in [2.45, 2.75) is 38.3 Å². The van der Waals surface area contributed by atoms with Gasteiger partial charge in [0.15, 0.2) is 0 Å². The molecule has 88 valence electrons. The molecule has 0 aromatic heterocycles. The van der Waals surface area contributed by atoms with E-state index in [1.165, 1.54) is 0 Å². The van der Waals surface area contributed by atoms with Gasteiger partial charge in [-0.3, -0.25) is 9.59 Å². The lowest BCUT2D eigenvalue weighted by Gasteiger charge is -2.17. The molecule has 6 nitrogen and oxygen atoms in total. The average molecular weight is 217 g/mol. The van der Waals surface area contributed by atoms with Crippen LogP contribution in [0.25, 0.3) is 0 Å². The summed E-state index contributed by atoms with van der Waals surface area (Å²) in [5.74, 6) is -1.26. The van der Waals surface area contributed by atoms with Gasteiger partial charge >= 0.3 is 5.97 Å². The van der Waals surface area contributed by atoms with Crippen LogP contribution in [0.2, 0.25) is 0 Å². The standard InChI is InChI=1S/C9H19N3O3/c1-9(2,11)5-7(13)12-4-3-6(10)8(14)15/h6H,3-5,10-11H2,1-2H3,(H,12,13)(H,14,15). The van der Waals surface area contributed by atoms with Crippen molar-refractivity contribution in [2.24, 2.45) is 11.5 Å². The van der Waals surface area contributed by atoms with Crippen molar-refractivity contribution >= 4 is 11.9 Å². The second kappa shape index (κ2) is 5.67. The number of hydrogen-bond acceptors (Lipinski definition) is 4. The minimum atomic E-state index is -1.07. The molecule has 0 saturated heterocycles. The van der Waals surface area contributed by atoms with Gasteiger partial charge in [-0.2, -0.15) is 0 Å². The Labute approximate surface area is 89.0 Å². The van der Waals surface area contributed by atoms with Gasteiger partial charge in [0.2, 0.25) is 5.91 Å². The van der Waals surface area contributed by atoms with Gasteiger partial charge in [-0.15, -0.1) is 0 Å². The SMILES string of the molecule is CC(C)(N)CC(=O)NCCC(N)C(=O)O. The van der Waals surface area contributed by atoms with Crippen molar-refractivity contribution < 1.29 is 14.7 Å². The molecule has 0 aliphatic carbocycles. The molecule has 0 fully saturated rings. The summed E-state index contributed by atoms with van der Waals surface area (Å²) in [5.41, 5.74) is 10.3. The molecule has 0 heterocycles. The minimum Gasteiger partial charge on any atom is -0.480 e. The summed E-state index contributed by atoms with van der Waals surface area (Å²) in [6, 6.07) is -0.934. The molecular weight excluding hydrogens is 198 g/mol. The largest absolute Gasteiger partial charge is 0.480 e. The maximum Gasteiger partial charge on any atom is 0.320 e. The minimum absolute atomic E-state index is 0.194. The fraction of sp³-hybridized carbons (Fsp3) is 0.778. The van der Waals surface area contributed by atoms with E-state index in [-0.39, 0.29) is 25.3 Å². The maximum atomic E-state index is 11.2. The highest BCUT2D eigenvalue weighted by molar-refractivity contribution is 5.77. The van der Waals surface area contributed by atoms with Gasteiger partial charge in [0.25, 0.3) is 0 Å². The van der Waals surface area contributed by atoms with Crippen LogP contribution in [0.4, 0.5) is 0 Å².